The van der Waals surface area contributed by atoms with Gasteiger partial charge in [0.05, 0.1) is 5.60 Å². The molecule has 0 atom stereocenters. The van der Waals surface area contributed by atoms with Crippen molar-refractivity contribution < 1.29 is 9.90 Å². The summed E-state index contributed by atoms with van der Waals surface area (Å²) >= 11 is 0. The highest BCUT2D eigenvalue weighted by atomic mass is 16.3. The van der Waals surface area contributed by atoms with Crippen LogP contribution in [0, 0.1) is 5.92 Å². The highest BCUT2D eigenvalue weighted by molar-refractivity contribution is 5.73. The van der Waals surface area contributed by atoms with Gasteiger partial charge in [-0.25, -0.2) is 9.97 Å². The van der Waals surface area contributed by atoms with Gasteiger partial charge in [0.15, 0.2) is 0 Å². The molecule has 1 aromatic rings. The first-order chi connectivity index (χ1) is 15.9. The van der Waals surface area contributed by atoms with Gasteiger partial charge in [0.2, 0.25) is 5.91 Å². The molecule has 1 aliphatic heterocycles. The van der Waals surface area contributed by atoms with Gasteiger partial charge in [0.25, 0.3) is 0 Å². The molecule has 2 N–H and O–H groups in total. The van der Waals surface area contributed by atoms with Crippen LogP contribution in [0.25, 0.3) is 0 Å². The van der Waals surface area contributed by atoms with Gasteiger partial charge >= 0.3 is 0 Å². The molecule has 1 amide bonds. The average Bonchev–Trinajstić information content (AvgIpc) is 2.96. The molecule has 2 heterocycles. The zero-order chi connectivity index (χ0) is 24.9. The molecule has 0 aromatic carbocycles. The highest BCUT2D eigenvalue weighted by Gasteiger charge is 2.25. The lowest BCUT2D eigenvalue weighted by atomic mass is 9.84. The van der Waals surface area contributed by atoms with Crippen molar-refractivity contribution in [1.29, 1.82) is 0 Å². The first-order valence-electron chi connectivity index (χ1n) is 13.2. The standard InChI is InChI=1S/C27H47N5O2/c1-20(33)28-22-10-8-21(9-11-22)12-15-31-13-7-14-32(17-16-31)24-18-23(19-27(5,6)34)29-25(30-24)26(2,3)4/h18,21-22,34H,7-17,19H2,1-6H3,(H,28,33). The van der Waals surface area contributed by atoms with E-state index in [1.807, 2.05) is 13.8 Å². The Morgan fingerprint density at radius 2 is 1.76 bits per heavy atom. The summed E-state index contributed by atoms with van der Waals surface area (Å²) in [6.07, 6.45) is 7.60. The fraction of sp³-hybridized carbons (Fsp3) is 0.815. The monoisotopic (exact) mass is 473 g/mol. The summed E-state index contributed by atoms with van der Waals surface area (Å²) in [6, 6.07) is 2.46. The van der Waals surface area contributed by atoms with Crippen LogP contribution in [0.5, 0.6) is 0 Å². The second-order valence-corrected chi connectivity index (χ2v) is 12.2. The third-order valence-corrected chi connectivity index (χ3v) is 7.07. The molecular formula is C27H47N5O2. The maximum atomic E-state index is 11.3. The Morgan fingerprint density at radius 3 is 2.38 bits per heavy atom. The summed E-state index contributed by atoms with van der Waals surface area (Å²) in [7, 11) is 0. The molecule has 1 saturated heterocycles. The number of hydrogen-bond donors (Lipinski definition) is 2. The largest absolute Gasteiger partial charge is 0.390 e. The average molecular weight is 474 g/mol. The lowest BCUT2D eigenvalue weighted by molar-refractivity contribution is -0.119. The molecule has 192 valence electrons. The Bertz CT molecular complexity index is 806. The SMILES string of the molecule is CC(=O)NC1CCC(CCN2CCCN(c3cc(CC(C)(C)O)nc(C(C)(C)C)n3)CC2)CC1. The van der Waals surface area contributed by atoms with Crippen molar-refractivity contribution >= 4 is 11.7 Å². The minimum Gasteiger partial charge on any atom is -0.390 e. The van der Waals surface area contributed by atoms with Crippen LogP contribution in [0.15, 0.2) is 6.07 Å². The Kier molecular flexibility index (Phi) is 8.96. The normalized spacial score (nSPS) is 23.0. The minimum absolute atomic E-state index is 0.100. The lowest BCUT2D eigenvalue weighted by Crippen LogP contribution is -2.37. The number of carbonyl (C=O) groups is 1. The summed E-state index contributed by atoms with van der Waals surface area (Å²) in [5, 5.41) is 13.5. The summed E-state index contributed by atoms with van der Waals surface area (Å²) in [5.74, 6) is 2.73. The number of amides is 1. The molecule has 3 rings (SSSR count). The minimum atomic E-state index is -0.794. The Balaban J connectivity index is 1.56. The third-order valence-electron chi connectivity index (χ3n) is 7.07. The second kappa shape index (κ2) is 11.3. The summed E-state index contributed by atoms with van der Waals surface area (Å²) in [4.78, 5) is 26.1. The molecule has 2 aliphatic rings. The molecule has 0 radical (unpaired) electrons. The van der Waals surface area contributed by atoms with E-state index >= 15 is 0 Å². The molecule has 0 bridgehead atoms. The number of carbonyl (C=O) groups excluding carboxylic acids is 1. The van der Waals surface area contributed by atoms with Crippen molar-refractivity contribution in [2.45, 2.75) is 104 Å². The number of nitrogens with zero attached hydrogens (tertiary/aromatic N) is 4. The van der Waals surface area contributed by atoms with Crippen LogP contribution >= 0.6 is 0 Å². The Morgan fingerprint density at radius 1 is 1.06 bits per heavy atom. The molecule has 7 nitrogen and oxygen atoms in total. The topological polar surface area (TPSA) is 81.6 Å². The molecule has 34 heavy (non-hydrogen) atoms. The molecule has 0 spiro atoms. The van der Waals surface area contributed by atoms with E-state index in [1.54, 1.807) is 6.92 Å². The zero-order valence-corrected chi connectivity index (χ0v) is 22.4. The van der Waals surface area contributed by atoms with Crippen molar-refractivity contribution in [3.05, 3.63) is 17.6 Å². The van der Waals surface area contributed by atoms with Crippen molar-refractivity contribution in [3.63, 3.8) is 0 Å². The van der Waals surface area contributed by atoms with Crippen LogP contribution in [0.1, 0.15) is 91.6 Å². The first kappa shape index (κ1) is 26.9. The van der Waals surface area contributed by atoms with Gasteiger partial charge < -0.3 is 20.2 Å². The van der Waals surface area contributed by atoms with Crippen LogP contribution < -0.4 is 10.2 Å². The van der Waals surface area contributed by atoms with Gasteiger partial charge in [-0.1, -0.05) is 20.8 Å². The van der Waals surface area contributed by atoms with E-state index in [0.29, 0.717) is 12.5 Å². The quantitative estimate of drug-likeness (QED) is 0.629. The van der Waals surface area contributed by atoms with Gasteiger partial charge in [0, 0.05) is 56.2 Å². The van der Waals surface area contributed by atoms with Gasteiger partial charge in [0.1, 0.15) is 11.6 Å². The van der Waals surface area contributed by atoms with E-state index in [1.165, 1.54) is 19.3 Å². The molecule has 1 saturated carbocycles. The van der Waals surface area contributed by atoms with Gasteiger partial charge in [-0.05, 0) is 71.4 Å². The van der Waals surface area contributed by atoms with Gasteiger partial charge in [-0.15, -0.1) is 0 Å². The number of nitrogens with one attached hydrogen (secondary N) is 1. The molecule has 1 aliphatic carbocycles. The molecular weight excluding hydrogens is 426 g/mol. The molecule has 1 aromatic heterocycles. The van der Waals surface area contributed by atoms with E-state index in [9.17, 15) is 9.90 Å². The fourth-order valence-electron chi connectivity index (χ4n) is 5.19. The smallest absolute Gasteiger partial charge is 0.217 e. The number of aromatic nitrogens is 2. The van der Waals surface area contributed by atoms with Crippen LogP contribution in [0.3, 0.4) is 0 Å². The van der Waals surface area contributed by atoms with Crippen LogP contribution in [-0.4, -0.2) is 70.2 Å². The van der Waals surface area contributed by atoms with Crippen LogP contribution in [0.4, 0.5) is 5.82 Å². The Labute approximate surface area is 206 Å². The number of hydrogen-bond acceptors (Lipinski definition) is 6. The maximum absolute atomic E-state index is 11.3. The number of aliphatic hydroxyl groups is 1. The van der Waals surface area contributed by atoms with Crippen molar-refractivity contribution in [2.75, 3.05) is 37.6 Å². The summed E-state index contributed by atoms with van der Waals surface area (Å²) < 4.78 is 0. The summed E-state index contributed by atoms with van der Waals surface area (Å²) in [6.45, 7) is 17.0. The third kappa shape index (κ3) is 8.49. The zero-order valence-electron chi connectivity index (χ0n) is 22.4. The number of anilines is 1. The molecule has 2 fully saturated rings. The molecule has 7 heteroatoms. The van der Waals surface area contributed by atoms with Gasteiger partial charge in [-0.3, -0.25) is 4.79 Å². The van der Waals surface area contributed by atoms with E-state index in [0.717, 1.165) is 75.2 Å². The summed E-state index contributed by atoms with van der Waals surface area (Å²) in [5.41, 5.74) is -0.0166. The predicted molar refractivity (Wildman–Crippen MR) is 138 cm³/mol. The van der Waals surface area contributed by atoms with Gasteiger partial charge in [-0.2, -0.15) is 0 Å². The van der Waals surface area contributed by atoms with Crippen LogP contribution in [-0.2, 0) is 16.6 Å². The van der Waals surface area contributed by atoms with Crippen molar-refractivity contribution in [3.8, 4) is 0 Å². The van der Waals surface area contributed by atoms with E-state index in [4.69, 9.17) is 9.97 Å². The highest BCUT2D eigenvalue weighted by Crippen LogP contribution is 2.28. The number of rotatable bonds is 7. The molecule has 0 unspecified atom stereocenters. The van der Waals surface area contributed by atoms with E-state index in [2.05, 4.69) is 42.0 Å². The lowest BCUT2D eigenvalue weighted by Gasteiger charge is -2.30. The van der Waals surface area contributed by atoms with Crippen molar-refractivity contribution in [1.82, 2.24) is 20.2 Å². The fourth-order valence-corrected chi connectivity index (χ4v) is 5.19. The van der Waals surface area contributed by atoms with E-state index < -0.39 is 5.60 Å². The first-order valence-corrected chi connectivity index (χ1v) is 13.2. The maximum Gasteiger partial charge on any atom is 0.217 e. The Hall–Kier alpha value is -1.73. The predicted octanol–water partition coefficient (Wildman–Crippen LogP) is 3.68. The second-order valence-electron chi connectivity index (χ2n) is 12.2. The van der Waals surface area contributed by atoms with Crippen molar-refractivity contribution in [2.24, 2.45) is 5.92 Å². The van der Waals surface area contributed by atoms with Crippen LogP contribution in [0.2, 0.25) is 0 Å². The van der Waals surface area contributed by atoms with E-state index in [-0.39, 0.29) is 11.3 Å².